The molecule has 0 spiro atoms. The monoisotopic (exact) mass is 596 g/mol. The van der Waals surface area contributed by atoms with Gasteiger partial charge in [-0.15, -0.1) is 0 Å². The molecule has 0 saturated carbocycles. The van der Waals surface area contributed by atoms with Crippen molar-refractivity contribution in [2.45, 2.75) is 50.6 Å². The van der Waals surface area contributed by atoms with Gasteiger partial charge in [0.25, 0.3) is 5.91 Å². The maximum atomic E-state index is 12.9. The lowest BCUT2D eigenvalue weighted by molar-refractivity contribution is -0.153. The average Bonchev–Trinajstić information content (AvgIpc) is 3.40. The van der Waals surface area contributed by atoms with Crippen molar-refractivity contribution in [1.82, 2.24) is 10.3 Å². The first-order valence-electron chi connectivity index (χ1n) is 14.1. The fourth-order valence-electron chi connectivity index (χ4n) is 5.29. The Bertz CT molecular complexity index is 1510. The Hall–Kier alpha value is -4.47. The van der Waals surface area contributed by atoms with Crippen molar-refractivity contribution in [2.75, 3.05) is 20.3 Å². The number of benzene rings is 3. The topological polar surface area (TPSA) is 101 Å². The summed E-state index contributed by atoms with van der Waals surface area (Å²) in [4.78, 5) is 26.6. The van der Waals surface area contributed by atoms with Gasteiger partial charge in [-0.2, -0.15) is 13.2 Å². The van der Waals surface area contributed by atoms with E-state index in [1.165, 1.54) is 6.07 Å². The Morgan fingerprint density at radius 1 is 0.977 bits per heavy atom. The van der Waals surface area contributed by atoms with Crippen molar-refractivity contribution in [3.8, 4) is 11.5 Å². The highest BCUT2D eigenvalue weighted by Gasteiger charge is 2.30. The number of aromatic nitrogens is 1. The number of methoxy groups -OCH3 is 1. The second kappa shape index (κ2) is 14.1. The predicted octanol–water partition coefficient (Wildman–Crippen LogP) is 7.43. The SMILES string of the molecule is CCCCC(c1ccc(C(=O)NCCC(=O)O)cc1)C(c1ccc(OC)cc1)c1c[nH]c2ccc(OCC(F)(F)F)cc12. The summed E-state index contributed by atoms with van der Waals surface area (Å²) in [6.07, 6.45) is -0.0208. The summed E-state index contributed by atoms with van der Waals surface area (Å²) in [5, 5.41) is 12.2. The van der Waals surface area contributed by atoms with Crippen LogP contribution >= 0.6 is 0 Å². The number of carbonyl (C=O) groups excluding carboxylic acids is 1. The molecule has 43 heavy (non-hydrogen) atoms. The van der Waals surface area contributed by atoms with Crippen LogP contribution in [0, 0.1) is 0 Å². The fourth-order valence-corrected chi connectivity index (χ4v) is 5.29. The van der Waals surface area contributed by atoms with Crippen LogP contribution in [0.2, 0.25) is 0 Å². The predicted molar refractivity (Wildman–Crippen MR) is 158 cm³/mol. The van der Waals surface area contributed by atoms with Gasteiger partial charge in [-0.1, -0.05) is 44.0 Å². The number of halogens is 3. The van der Waals surface area contributed by atoms with Gasteiger partial charge in [-0.05, 0) is 71.5 Å². The van der Waals surface area contributed by atoms with Gasteiger partial charge in [0.1, 0.15) is 11.5 Å². The Kier molecular flexibility index (Phi) is 10.3. The molecule has 0 saturated heterocycles. The van der Waals surface area contributed by atoms with Crippen molar-refractivity contribution < 1.29 is 37.3 Å². The molecule has 1 amide bonds. The number of nitrogens with one attached hydrogen (secondary N) is 2. The normalized spacial score (nSPS) is 13.0. The molecule has 0 aliphatic heterocycles. The average molecular weight is 597 g/mol. The Labute approximate surface area is 248 Å². The van der Waals surface area contributed by atoms with Gasteiger partial charge in [-0.25, -0.2) is 0 Å². The number of fused-ring (bicyclic) bond motifs is 1. The number of rotatable bonds is 14. The van der Waals surface area contributed by atoms with Crippen LogP contribution in [0.1, 0.15) is 71.5 Å². The summed E-state index contributed by atoms with van der Waals surface area (Å²) in [6, 6.07) is 19.9. The van der Waals surface area contributed by atoms with E-state index in [1.807, 2.05) is 42.6 Å². The Morgan fingerprint density at radius 3 is 2.28 bits per heavy atom. The molecule has 0 aliphatic rings. The highest BCUT2D eigenvalue weighted by atomic mass is 19.4. The number of carbonyl (C=O) groups is 2. The molecule has 0 fully saturated rings. The highest BCUT2D eigenvalue weighted by Crippen LogP contribution is 2.45. The van der Waals surface area contributed by atoms with E-state index in [-0.39, 0.29) is 36.5 Å². The molecule has 0 aliphatic carbocycles. The maximum Gasteiger partial charge on any atom is 0.422 e. The minimum absolute atomic E-state index is 0.0316. The molecule has 4 rings (SSSR count). The van der Waals surface area contributed by atoms with E-state index in [9.17, 15) is 22.8 Å². The van der Waals surface area contributed by atoms with Gasteiger partial charge in [0.15, 0.2) is 6.61 Å². The number of H-pyrrole nitrogens is 1. The van der Waals surface area contributed by atoms with Crippen LogP contribution in [-0.4, -0.2) is 48.4 Å². The molecule has 2 atom stereocenters. The van der Waals surface area contributed by atoms with E-state index in [4.69, 9.17) is 14.6 Å². The lowest BCUT2D eigenvalue weighted by Crippen LogP contribution is -2.26. The molecule has 2 unspecified atom stereocenters. The van der Waals surface area contributed by atoms with E-state index in [1.54, 1.807) is 31.4 Å². The van der Waals surface area contributed by atoms with E-state index >= 15 is 0 Å². The lowest BCUT2D eigenvalue weighted by atomic mass is 9.74. The van der Waals surface area contributed by atoms with Crippen molar-refractivity contribution >= 4 is 22.8 Å². The number of carboxylic acid groups (broad SMARTS) is 1. The lowest BCUT2D eigenvalue weighted by Gasteiger charge is -2.29. The number of aromatic amines is 1. The molecule has 0 radical (unpaired) electrons. The summed E-state index contributed by atoms with van der Waals surface area (Å²) < 4.78 is 49.1. The Balaban J connectivity index is 1.76. The van der Waals surface area contributed by atoms with Gasteiger partial charge in [-0.3, -0.25) is 9.59 Å². The molecule has 4 aromatic rings. The highest BCUT2D eigenvalue weighted by molar-refractivity contribution is 5.94. The summed E-state index contributed by atoms with van der Waals surface area (Å²) in [5.41, 5.74) is 4.10. The molecule has 7 nitrogen and oxygen atoms in total. The molecule has 3 aromatic carbocycles. The zero-order valence-electron chi connectivity index (χ0n) is 24.0. The molecule has 228 valence electrons. The summed E-state index contributed by atoms with van der Waals surface area (Å²) in [6.45, 7) is 0.763. The number of unbranched alkanes of at least 4 members (excludes halogenated alkanes) is 1. The second-order valence-corrected chi connectivity index (χ2v) is 10.4. The summed E-state index contributed by atoms with van der Waals surface area (Å²) in [5.74, 6) is -0.756. The van der Waals surface area contributed by atoms with Gasteiger partial charge in [0.2, 0.25) is 0 Å². The zero-order chi connectivity index (χ0) is 31.0. The van der Waals surface area contributed by atoms with Gasteiger partial charge in [0, 0.05) is 35.1 Å². The van der Waals surface area contributed by atoms with Crippen molar-refractivity contribution in [3.05, 3.63) is 95.2 Å². The number of hydrogen-bond acceptors (Lipinski definition) is 4. The van der Waals surface area contributed by atoms with E-state index in [0.29, 0.717) is 11.3 Å². The standard InChI is InChI=1S/C33H35F3N2O5/c1-3-4-5-26(21-6-8-23(9-7-21)32(41)37-17-16-30(39)40)31(22-10-12-24(42-2)13-11-22)28-19-38-29-15-14-25(18-27(28)29)43-20-33(34,35)36/h6-15,18-19,26,31,38H,3-5,16-17,20H2,1-2H3,(H,37,41)(H,39,40). The number of carboxylic acids is 1. The van der Waals surface area contributed by atoms with Gasteiger partial charge >= 0.3 is 12.1 Å². The van der Waals surface area contributed by atoms with Crippen LogP contribution < -0.4 is 14.8 Å². The van der Waals surface area contributed by atoms with Crippen LogP contribution in [0.15, 0.2) is 72.9 Å². The smallest absolute Gasteiger partial charge is 0.422 e. The van der Waals surface area contributed by atoms with Gasteiger partial charge < -0.3 is 24.9 Å². The van der Waals surface area contributed by atoms with E-state index in [2.05, 4.69) is 17.2 Å². The van der Waals surface area contributed by atoms with Crippen LogP contribution in [0.5, 0.6) is 11.5 Å². The van der Waals surface area contributed by atoms with Crippen LogP contribution in [0.4, 0.5) is 13.2 Å². The quantitative estimate of drug-likeness (QED) is 0.141. The maximum absolute atomic E-state index is 12.9. The number of amides is 1. The van der Waals surface area contributed by atoms with E-state index < -0.39 is 18.8 Å². The largest absolute Gasteiger partial charge is 0.497 e. The Morgan fingerprint density at radius 2 is 1.65 bits per heavy atom. The molecule has 1 heterocycles. The third-order valence-electron chi connectivity index (χ3n) is 7.39. The number of aliphatic carboxylic acids is 1. The first kappa shape index (κ1) is 31.5. The number of ether oxygens (including phenoxy) is 2. The van der Waals surface area contributed by atoms with E-state index in [0.717, 1.165) is 46.9 Å². The number of hydrogen-bond donors (Lipinski definition) is 3. The van der Waals surface area contributed by atoms with Crippen LogP contribution in [0.3, 0.4) is 0 Å². The molecule has 10 heteroatoms. The third kappa shape index (κ3) is 8.30. The van der Waals surface area contributed by atoms with Crippen LogP contribution in [-0.2, 0) is 4.79 Å². The van der Waals surface area contributed by atoms with Crippen LogP contribution in [0.25, 0.3) is 10.9 Å². The van der Waals surface area contributed by atoms with Crippen molar-refractivity contribution in [1.29, 1.82) is 0 Å². The summed E-state index contributed by atoms with van der Waals surface area (Å²) >= 11 is 0. The second-order valence-electron chi connectivity index (χ2n) is 10.4. The van der Waals surface area contributed by atoms with Gasteiger partial charge in [0.05, 0.1) is 13.5 Å². The minimum atomic E-state index is -4.45. The summed E-state index contributed by atoms with van der Waals surface area (Å²) in [7, 11) is 1.60. The molecule has 3 N–H and O–H groups in total. The molecule has 1 aromatic heterocycles. The van der Waals surface area contributed by atoms with Crippen molar-refractivity contribution in [3.63, 3.8) is 0 Å². The minimum Gasteiger partial charge on any atom is -0.497 e. The molecular formula is C33H35F3N2O5. The third-order valence-corrected chi connectivity index (χ3v) is 7.39. The molecular weight excluding hydrogens is 561 g/mol. The number of alkyl halides is 3. The fraction of sp³-hybridized carbons (Fsp3) is 0.333. The van der Waals surface area contributed by atoms with Crippen molar-refractivity contribution in [2.24, 2.45) is 0 Å². The zero-order valence-corrected chi connectivity index (χ0v) is 24.0. The molecule has 0 bridgehead atoms. The first-order chi connectivity index (χ1) is 20.6. The first-order valence-corrected chi connectivity index (χ1v) is 14.1.